The fourth-order valence-electron chi connectivity index (χ4n) is 2.26. The number of rotatable bonds is 4. The summed E-state index contributed by atoms with van der Waals surface area (Å²) in [6.07, 6.45) is 0. The minimum Gasteiger partial charge on any atom is -0.352 e. The van der Waals surface area contributed by atoms with E-state index in [2.05, 4.69) is 0 Å². The molecule has 1 aromatic carbocycles. The van der Waals surface area contributed by atoms with Gasteiger partial charge < -0.3 is 10.6 Å². The smallest absolute Gasteiger partial charge is 0.171 e. The number of anilines is 1. The van der Waals surface area contributed by atoms with Gasteiger partial charge in [0.25, 0.3) is 0 Å². The molecule has 1 aliphatic heterocycles. The number of hydrogen-bond acceptors (Lipinski definition) is 5. The van der Waals surface area contributed by atoms with E-state index in [1.165, 1.54) is 0 Å². The Morgan fingerprint density at radius 2 is 2.25 bits per heavy atom. The Bertz CT molecular complexity index is 578. The summed E-state index contributed by atoms with van der Waals surface area (Å²) in [6.45, 7) is 2.80. The number of benzene rings is 1. The van der Waals surface area contributed by atoms with Crippen molar-refractivity contribution < 1.29 is 8.42 Å². The normalized spacial score (nSPS) is 20.1. The van der Waals surface area contributed by atoms with Crippen LogP contribution in [0, 0.1) is 0 Å². The lowest BCUT2D eigenvalue weighted by atomic mass is 10.2. The molecule has 1 aromatic rings. The van der Waals surface area contributed by atoms with Gasteiger partial charge in [-0.15, -0.1) is 0 Å². The van der Waals surface area contributed by atoms with Gasteiger partial charge in [-0.2, -0.15) is 11.8 Å². The largest absolute Gasteiger partial charge is 0.352 e. The summed E-state index contributed by atoms with van der Waals surface area (Å²) in [6, 6.07) is 5.59. The molecule has 2 N–H and O–H groups in total. The highest BCUT2D eigenvalue weighted by Gasteiger charge is 2.33. The molecule has 1 aliphatic rings. The third-order valence-electron chi connectivity index (χ3n) is 3.46. The number of sulfone groups is 1. The quantitative estimate of drug-likeness (QED) is 0.913. The van der Waals surface area contributed by atoms with Crippen molar-refractivity contribution in [2.75, 3.05) is 28.7 Å². The Labute approximate surface area is 129 Å². The number of halogens is 1. The molecule has 0 saturated carbocycles. The Morgan fingerprint density at radius 3 is 2.85 bits per heavy atom. The molecule has 1 unspecified atom stereocenters. The summed E-state index contributed by atoms with van der Waals surface area (Å²) in [7, 11) is -3.13. The fourth-order valence-corrected chi connectivity index (χ4v) is 5.55. The topological polar surface area (TPSA) is 63.4 Å². The van der Waals surface area contributed by atoms with Gasteiger partial charge in [-0.25, -0.2) is 8.42 Å². The van der Waals surface area contributed by atoms with Crippen LogP contribution in [0.3, 0.4) is 0 Å². The first-order valence-electron chi connectivity index (χ1n) is 6.54. The molecule has 1 atom stereocenters. The number of hydrogen-bond donors (Lipinski definition) is 1. The molecule has 1 saturated heterocycles. The average Bonchev–Trinajstić information content (AvgIpc) is 2.47. The van der Waals surface area contributed by atoms with Crippen LogP contribution < -0.4 is 10.6 Å². The summed E-state index contributed by atoms with van der Waals surface area (Å²) >= 11 is 7.97. The summed E-state index contributed by atoms with van der Waals surface area (Å²) in [5.74, 6) is 1.64. The van der Waals surface area contributed by atoms with E-state index in [9.17, 15) is 8.42 Å². The zero-order valence-electron chi connectivity index (χ0n) is 11.4. The lowest BCUT2D eigenvalue weighted by molar-refractivity contribution is 0.579. The second kappa shape index (κ2) is 6.56. The summed E-state index contributed by atoms with van der Waals surface area (Å²) in [4.78, 5) is 1.91. The van der Waals surface area contributed by atoms with Gasteiger partial charge in [-0.05, 0) is 17.7 Å². The third kappa shape index (κ3) is 3.24. The van der Waals surface area contributed by atoms with Crippen LogP contribution >= 0.6 is 23.4 Å². The standard InChI is InChI=1S/C13H19ClN2O2S2/c1-2-20(17,18)13-9-19-6-5-16(13)12-4-3-10(8-15)7-11(12)14/h3-4,7,13H,2,5-6,8-9,15H2,1H3. The molecular formula is C13H19ClN2O2S2. The third-order valence-corrected chi connectivity index (χ3v) is 7.05. The van der Waals surface area contributed by atoms with E-state index in [1.54, 1.807) is 18.7 Å². The van der Waals surface area contributed by atoms with E-state index in [0.29, 0.717) is 23.9 Å². The van der Waals surface area contributed by atoms with Crippen LogP contribution in [0.2, 0.25) is 5.02 Å². The zero-order chi connectivity index (χ0) is 14.8. The molecule has 112 valence electrons. The Morgan fingerprint density at radius 1 is 1.50 bits per heavy atom. The van der Waals surface area contributed by atoms with E-state index in [1.807, 2.05) is 23.1 Å². The van der Waals surface area contributed by atoms with E-state index in [0.717, 1.165) is 17.0 Å². The van der Waals surface area contributed by atoms with Crippen LogP contribution in [0.4, 0.5) is 5.69 Å². The van der Waals surface area contributed by atoms with Gasteiger partial charge in [0.2, 0.25) is 0 Å². The number of nitrogens with two attached hydrogens (primary N) is 1. The first kappa shape index (κ1) is 15.9. The highest BCUT2D eigenvalue weighted by molar-refractivity contribution is 8.01. The molecule has 0 spiro atoms. The van der Waals surface area contributed by atoms with E-state index in [-0.39, 0.29) is 5.75 Å². The number of thioether (sulfide) groups is 1. The molecule has 0 amide bonds. The molecule has 0 aliphatic carbocycles. The first-order valence-corrected chi connectivity index (χ1v) is 9.79. The minimum absolute atomic E-state index is 0.146. The van der Waals surface area contributed by atoms with Gasteiger partial charge in [-0.3, -0.25) is 0 Å². The van der Waals surface area contributed by atoms with Gasteiger partial charge in [0.15, 0.2) is 9.84 Å². The Balaban J connectivity index is 2.38. The fraction of sp³-hybridized carbons (Fsp3) is 0.538. The lowest BCUT2D eigenvalue weighted by Crippen LogP contribution is -2.48. The maximum absolute atomic E-state index is 12.3. The predicted molar refractivity (Wildman–Crippen MR) is 87.3 cm³/mol. The van der Waals surface area contributed by atoms with Crippen molar-refractivity contribution in [3.8, 4) is 0 Å². The maximum atomic E-state index is 12.3. The summed E-state index contributed by atoms with van der Waals surface area (Å²) < 4.78 is 24.5. The summed E-state index contributed by atoms with van der Waals surface area (Å²) in [5.41, 5.74) is 7.32. The molecule has 1 fully saturated rings. The molecule has 0 radical (unpaired) electrons. The van der Waals surface area contributed by atoms with E-state index < -0.39 is 15.2 Å². The van der Waals surface area contributed by atoms with Crippen LogP contribution in [0.5, 0.6) is 0 Å². The monoisotopic (exact) mass is 334 g/mol. The summed E-state index contributed by atoms with van der Waals surface area (Å²) in [5, 5.41) is 0.0728. The highest BCUT2D eigenvalue weighted by atomic mass is 35.5. The van der Waals surface area contributed by atoms with Crippen molar-refractivity contribution in [3.63, 3.8) is 0 Å². The van der Waals surface area contributed by atoms with Crippen LogP contribution in [0.1, 0.15) is 12.5 Å². The average molecular weight is 335 g/mol. The van der Waals surface area contributed by atoms with Crippen molar-refractivity contribution in [2.24, 2.45) is 5.73 Å². The van der Waals surface area contributed by atoms with Crippen molar-refractivity contribution >= 4 is 38.9 Å². The second-order valence-electron chi connectivity index (χ2n) is 4.66. The SMILES string of the molecule is CCS(=O)(=O)C1CSCCN1c1ccc(CN)cc1Cl. The van der Waals surface area contributed by atoms with Crippen molar-refractivity contribution in [1.29, 1.82) is 0 Å². The van der Waals surface area contributed by atoms with Gasteiger partial charge in [0.1, 0.15) is 5.37 Å². The van der Waals surface area contributed by atoms with Crippen molar-refractivity contribution in [1.82, 2.24) is 0 Å². The predicted octanol–water partition coefficient (Wildman–Crippen LogP) is 2.11. The van der Waals surface area contributed by atoms with Crippen LogP contribution in [-0.4, -0.2) is 37.6 Å². The molecule has 20 heavy (non-hydrogen) atoms. The molecule has 4 nitrogen and oxygen atoms in total. The van der Waals surface area contributed by atoms with Gasteiger partial charge >= 0.3 is 0 Å². The molecule has 7 heteroatoms. The number of nitrogens with zero attached hydrogens (tertiary/aromatic N) is 1. The zero-order valence-corrected chi connectivity index (χ0v) is 13.8. The Kier molecular flexibility index (Phi) is 5.23. The van der Waals surface area contributed by atoms with Crippen LogP contribution in [0.15, 0.2) is 18.2 Å². The molecule has 1 heterocycles. The van der Waals surface area contributed by atoms with Crippen molar-refractivity contribution in [3.05, 3.63) is 28.8 Å². The van der Waals surface area contributed by atoms with Crippen LogP contribution in [0.25, 0.3) is 0 Å². The molecular weight excluding hydrogens is 316 g/mol. The van der Waals surface area contributed by atoms with Crippen molar-refractivity contribution in [2.45, 2.75) is 18.8 Å². The highest BCUT2D eigenvalue weighted by Crippen LogP contribution is 2.33. The Hall–Kier alpha value is -0.430. The molecule has 0 aromatic heterocycles. The van der Waals surface area contributed by atoms with Gasteiger partial charge in [0.05, 0.1) is 10.7 Å². The van der Waals surface area contributed by atoms with Gasteiger partial charge in [0, 0.05) is 30.3 Å². The molecule has 2 rings (SSSR count). The van der Waals surface area contributed by atoms with Gasteiger partial charge in [-0.1, -0.05) is 24.6 Å². The second-order valence-corrected chi connectivity index (χ2v) is 8.67. The molecule has 0 bridgehead atoms. The van der Waals surface area contributed by atoms with E-state index in [4.69, 9.17) is 17.3 Å². The lowest BCUT2D eigenvalue weighted by Gasteiger charge is -2.37. The van der Waals surface area contributed by atoms with Crippen LogP contribution in [-0.2, 0) is 16.4 Å². The minimum atomic E-state index is -3.13. The van der Waals surface area contributed by atoms with E-state index >= 15 is 0 Å². The first-order chi connectivity index (χ1) is 9.49. The maximum Gasteiger partial charge on any atom is 0.171 e.